The number of thiocarbonyl (C=S) groups is 1. The summed E-state index contributed by atoms with van der Waals surface area (Å²) in [4.78, 5) is 29.4. The van der Waals surface area contributed by atoms with Crippen molar-refractivity contribution in [2.45, 2.75) is 13.8 Å². The van der Waals surface area contributed by atoms with Gasteiger partial charge in [0.25, 0.3) is 11.8 Å². The molecule has 0 unspecified atom stereocenters. The van der Waals surface area contributed by atoms with E-state index in [0.717, 1.165) is 35.6 Å². The van der Waals surface area contributed by atoms with E-state index in [1.165, 1.54) is 0 Å². The summed E-state index contributed by atoms with van der Waals surface area (Å²) in [5.74, 6) is 0.509. The number of piperazine rings is 1. The Morgan fingerprint density at radius 2 is 1.47 bits per heavy atom. The van der Waals surface area contributed by atoms with Crippen LogP contribution in [-0.2, 0) is 0 Å². The van der Waals surface area contributed by atoms with Gasteiger partial charge in [-0.3, -0.25) is 14.9 Å². The number of benzene rings is 3. The molecule has 0 aliphatic carbocycles. The number of ether oxygens (including phenoxy) is 1. The van der Waals surface area contributed by atoms with Crippen LogP contribution in [0.15, 0.2) is 72.8 Å². The highest BCUT2D eigenvalue weighted by molar-refractivity contribution is 7.80. The molecule has 0 radical (unpaired) electrons. The second-order valence-corrected chi connectivity index (χ2v) is 8.97. The summed E-state index contributed by atoms with van der Waals surface area (Å²) < 4.78 is 5.40. The molecule has 1 aliphatic rings. The fourth-order valence-electron chi connectivity index (χ4n) is 4.01. The molecule has 0 aromatic heterocycles. The summed E-state index contributed by atoms with van der Waals surface area (Å²) in [6.45, 7) is 7.38. The van der Waals surface area contributed by atoms with Crippen LogP contribution in [0.4, 0.5) is 11.4 Å². The van der Waals surface area contributed by atoms with Crippen LogP contribution >= 0.6 is 12.2 Å². The van der Waals surface area contributed by atoms with Crippen molar-refractivity contribution in [3.05, 3.63) is 89.5 Å². The molecule has 1 heterocycles. The van der Waals surface area contributed by atoms with Crippen LogP contribution in [-0.4, -0.2) is 54.6 Å². The summed E-state index contributed by atoms with van der Waals surface area (Å²) >= 11 is 5.31. The molecule has 3 aromatic rings. The molecule has 8 heteroatoms. The third kappa shape index (κ3) is 6.40. The molecular formula is C28H30N4O3S. The zero-order valence-corrected chi connectivity index (χ0v) is 21.3. The SMILES string of the molecule is CCOc1ccc(C(=O)NC(=S)Nc2ccc(N3CCN(C(=O)c4ccc(C)cc4)CC3)cc2)cc1. The van der Waals surface area contributed by atoms with Gasteiger partial charge in [-0.15, -0.1) is 0 Å². The van der Waals surface area contributed by atoms with E-state index in [-0.39, 0.29) is 16.9 Å². The number of hydrogen-bond donors (Lipinski definition) is 2. The molecule has 7 nitrogen and oxygen atoms in total. The number of anilines is 2. The van der Waals surface area contributed by atoms with E-state index in [4.69, 9.17) is 17.0 Å². The summed E-state index contributed by atoms with van der Waals surface area (Å²) in [5, 5.41) is 5.98. The lowest BCUT2D eigenvalue weighted by Gasteiger charge is -2.36. The minimum Gasteiger partial charge on any atom is -0.494 e. The van der Waals surface area contributed by atoms with Crippen LogP contribution in [0.1, 0.15) is 33.2 Å². The lowest BCUT2D eigenvalue weighted by Crippen LogP contribution is -2.48. The molecule has 2 N–H and O–H groups in total. The predicted octanol–water partition coefficient (Wildman–Crippen LogP) is 4.48. The standard InChI is InChI=1S/C28H30N4O3S/c1-3-35-25-14-8-21(9-15-25)26(33)30-28(36)29-23-10-12-24(13-11-23)31-16-18-32(19-17-31)27(34)22-6-4-20(2)5-7-22/h4-15H,3,16-19H2,1-2H3,(H2,29,30,33,36). The molecule has 1 fully saturated rings. The normalized spacial score (nSPS) is 13.2. The number of aryl methyl sites for hydroxylation is 1. The molecule has 0 atom stereocenters. The van der Waals surface area contributed by atoms with Gasteiger partial charge < -0.3 is 19.9 Å². The fraction of sp³-hybridized carbons (Fsp3) is 0.250. The maximum atomic E-state index is 12.8. The van der Waals surface area contributed by atoms with Gasteiger partial charge in [-0.05, 0) is 86.7 Å². The van der Waals surface area contributed by atoms with Gasteiger partial charge >= 0.3 is 0 Å². The van der Waals surface area contributed by atoms with Crippen molar-refractivity contribution in [1.82, 2.24) is 10.2 Å². The summed E-state index contributed by atoms with van der Waals surface area (Å²) in [6, 6.07) is 22.5. The van der Waals surface area contributed by atoms with Gasteiger partial charge in [-0.2, -0.15) is 0 Å². The highest BCUT2D eigenvalue weighted by Gasteiger charge is 2.22. The first-order valence-corrected chi connectivity index (χ1v) is 12.4. The first-order valence-electron chi connectivity index (χ1n) is 12.0. The highest BCUT2D eigenvalue weighted by atomic mass is 32.1. The summed E-state index contributed by atoms with van der Waals surface area (Å²) in [6.07, 6.45) is 0. The molecule has 0 saturated carbocycles. The molecule has 1 aliphatic heterocycles. The number of carbonyl (C=O) groups is 2. The molecule has 1 saturated heterocycles. The van der Waals surface area contributed by atoms with E-state index < -0.39 is 0 Å². The summed E-state index contributed by atoms with van der Waals surface area (Å²) in [5.41, 5.74) is 4.23. The number of nitrogens with one attached hydrogen (secondary N) is 2. The third-order valence-electron chi connectivity index (χ3n) is 6.01. The van der Waals surface area contributed by atoms with Crippen LogP contribution in [0.25, 0.3) is 0 Å². The molecular weight excluding hydrogens is 472 g/mol. The Labute approximate surface area is 217 Å². The second kappa shape index (κ2) is 11.7. The van der Waals surface area contributed by atoms with Crippen LogP contribution in [0.5, 0.6) is 5.75 Å². The van der Waals surface area contributed by atoms with Crippen LogP contribution < -0.4 is 20.3 Å². The topological polar surface area (TPSA) is 73.9 Å². The lowest BCUT2D eigenvalue weighted by atomic mass is 10.1. The number of carbonyl (C=O) groups excluding carboxylic acids is 2. The molecule has 0 bridgehead atoms. The van der Waals surface area contributed by atoms with Crippen LogP contribution in [0.2, 0.25) is 0 Å². The Morgan fingerprint density at radius 3 is 2.08 bits per heavy atom. The van der Waals surface area contributed by atoms with Crippen LogP contribution in [0, 0.1) is 6.92 Å². The van der Waals surface area contributed by atoms with E-state index in [0.29, 0.717) is 31.0 Å². The fourth-order valence-corrected chi connectivity index (χ4v) is 4.22. The maximum absolute atomic E-state index is 12.8. The minimum absolute atomic E-state index is 0.0787. The Kier molecular flexibility index (Phi) is 8.17. The van der Waals surface area contributed by atoms with Crippen molar-refractivity contribution in [2.24, 2.45) is 0 Å². The quantitative estimate of drug-likeness (QED) is 0.484. The van der Waals surface area contributed by atoms with Gasteiger partial charge in [0.1, 0.15) is 5.75 Å². The number of nitrogens with zero attached hydrogens (tertiary/aromatic N) is 2. The molecule has 3 aromatic carbocycles. The van der Waals surface area contributed by atoms with E-state index >= 15 is 0 Å². The number of hydrogen-bond acceptors (Lipinski definition) is 5. The van der Waals surface area contributed by atoms with Crippen molar-refractivity contribution in [1.29, 1.82) is 0 Å². The van der Waals surface area contributed by atoms with E-state index in [2.05, 4.69) is 15.5 Å². The van der Waals surface area contributed by atoms with Gasteiger partial charge in [-0.1, -0.05) is 17.7 Å². The van der Waals surface area contributed by atoms with Gasteiger partial charge in [0.2, 0.25) is 0 Å². The maximum Gasteiger partial charge on any atom is 0.257 e. The monoisotopic (exact) mass is 502 g/mol. The van der Waals surface area contributed by atoms with E-state index in [1.54, 1.807) is 24.3 Å². The van der Waals surface area contributed by atoms with Crippen LogP contribution in [0.3, 0.4) is 0 Å². The van der Waals surface area contributed by atoms with Crippen molar-refractivity contribution in [2.75, 3.05) is 43.0 Å². The first-order chi connectivity index (χ1) is 17.4. The second-order valence-electron chi connectivity index (χ2n) is 8.56. The first kappa shape index (κ1) is 25.2. The zero-order chi connectivity index (χ0) is 25.5. The Hall–Kier alpha value is -3.91. The van der Waals surface area contributed by atoms with E-state index in [9.17, 15) is 9.59 Å². The van der Waals surface area contributed by atoms with Crippen molar-refractivity contribution in [3.63, 3.8) is 0 Å². The van der Waals surface area contributed by atoms with E-state index in [1.807, 2.05) is 67.3 Å². The smallest absolute Gasteiger partial charge is 0.257 e. The number of rotatable bonds is 6. The van der Waals surface area contributed by atoms with Crippen molar-refractivity contribution in [3.8, 4) is 5.75 Å². The third-order valence-corrected chi connectivity index (χ3v) is 6.21. The zero-order valence-electron chi connectivity index (χ0n) is 20.5. The Morgan fingerprint density at radius 1 is 0.861 bits per heavy atom. The van der Waals surface area contributed by atoms with Gasteiger partial charge in [0.15, 0.2) is 5.11 Å². The summed E-state index contributed by atoms with van der Waals surface area (Å²) in [7, 11) is 0. The van der Waals surface area contributed by atoms with Gasteiger partial charge in [-0.25, -0.2) is 0 Å². The Bertz CT molecular complexity index is 1200. The minimum atomic E-state index is -0.287. The predicted molar refractivity (Wildman–Crippen MR) is 147 cm³/mol. The molecule has 4 rings (SSSR count). The molecule has 36 heavy (non-hydrogen) atoms. The highest BCUT2D eigenvalue weighted by Crippen LogP contribution is 2.20. The van der Waals surface area contributed by atoms with Crippen molar-refractivity contribution >= 4 is 40.5 Å². The molecule has 2 amide bonds. The molecule has 0 spiro atoms. The largest absolute Gasteiger partial charge is 0.494 e. The average Bonchev–Trinajstić information content (AvgIpc) is 2.90. The average molecular weight is 503 g/mol. The van der Waals surface area contributed by atoms with Crippen molar-refractivity contribution < 1.29 is 14.3 Å². The number of amides is 2. The lowest BCUT2D eigenvalue weighted by molar-refractivity contribution is 0.0746. The Balaban J connectivity index is 1.26. The van der Waals surface area contributed by atoms with Gasteiger partial charge in [0.05, 0.1) is 6.61 Å². The molecule has 186 valence electrons. The van der Waals surface area contributed by atoms with Gasteiger partial charge in [0, 0.05) is 48.7 Å².